The number of anilines is 1. The minimum Gasteiger partial charge on any atom is -0.368 e. The van der Waals surface area contributed by atoms with Gasteiger partial charge in [0.2, 0.25) is 0 Å². The molecule has 18 heavy (non-hydrogen) atoms. The molecule has 3 N–H and O–H groups in total. The van der Waals surface area contributed by atoms with Gasteiger partial charge in [-0.1, -0.05) is 18.2 Å². The van der Waals surface area contributed by atoms with E-state index in [-0.39, 0.29) is 0 Å². The topological polar surface area (TPSA) is 47.5 Å². The fourth-order valence-corrected chi connectivity index (χ4v) is 2.54. The first-order chi connectivity index (χ1) is 8.81. The zero-order valence-corrected chi connectivity index (χ0v) is 11.0. The molecular formula is C14H23N3O. The van der Waals surface area contributed by atoms with Crippen molar-refractivity contribution < 1.29 is 5.21 Å². The Morgan fingerprint density at radius 3 is 3.06 bits per heavy atom. The smallest absolute Gasteiger partial charge is 0.0399 e. The quantitative estimate of drug-likeness (QED) is 0.545. The largest absolute Gasteiger partial charge is 0.368 e. The van der Waals surface area contributed by atoms with Crippen molar-refractivity contribution in [2.45, 2.75) is 25.8 Å². The molecule has 2 rings (SSSR count). The first kappa shape index (κ1) is 13.3. The maximum Gasteiger partial charge on any atom is 0.0399 e. The van der Waals surface area contributed by atoms with Crippen LogP contribution in [0.1, 0.15) is 18.9 Å². The Morgan fingerprint density at radius 1 is 1.44 bits per heavy atom. The van der Waals surface area contributed by atoms with Gasteiger partial charge in [-0.25, -0.2) is 5.48 Å². The number of nitrogens with zero attached hydrogens (tertiary/aromatic N) is 1. The number of hydrogen-bond acceptors (Lipinski definition) is 4. The average molecular weight is 249 g/mol. The number of benzene rings is 1. The Balaban J connectivity index is 2.06. The minimum absolute atomic E-state index is 0.547. The molecule has 0 aromatic heterocycles. The SMILES string of the molecule is CC1CN(c2ccccc2CCCNO)CCN1. The summed E-state index contributed by atoms with van der Waals surface area (Å²) in [5.41, 5.74) is 4.95. The van der Waals surface area contributed by atoms with Crippen LogP contribution in [-0.4, -0.2) is 37.4 Å². The van der Waals surface area contributed by atoms with Crippen LogP contribution >= 0.6 is 0 Å². The standard InChI is InChI=1S/C14H23N3O/c1-12-11-17(10-9-15-12)14-7-3-2-5-13(14)6-4-8-16-18/h2-3,5,7,12,15-16,18H,4,6,8-11H2,1H3. The summed E-state index contributed by atoms with van der Waals surface area (Å²) < 4.78 is 0. The molecule has 100 valence electrons. The van der Waals surface area contributed by atoms with Crippen LogP contribution in [0.15, 0.2) is 24.3 Å². The monoisotopic (exact) mass is 249 g/mol. The van der Waals surface area contributed by atoms with Crippen LogP contribution in [-0.2, 0) is 6.42 Å². The van der Waals surface area contributed by atoms with Crippen molar-refractivity contribution in [3.8, 4) is 0 Å². The summed E-state index contributed by atoms with van der Waals surface area (Å²) in [4.78, 5) is 2.46. The van der Waals surface area contributed by atoms with E-state index >= 15 is 0 Å². The van der Waals surface area contributed by atoms with Crippen LogP contribution in [0.25, 0.3) is 0 Å². The van der Waals surface area contributed by atoms with E-state index in [1.165, 1.54) is 11.3 Å². The van der Waals surface area contributed by atoms with E-state index in [1.54, 1.807) is 0 Å². The molecule has 0 saturated carbocycles. The van der Waals surface area contributed by atoms with Crippen LogP contribution in [0.3, 0.4) is 0 Å². The Morgan fingerprint density at radius 2 is 2.28 bits per heavy atom. The van der Waals surface area contributed by atoms with Crippen LogP contribution in [0, 0.1) is 0 Å². The number of para-hydroxylation sites is 1. The second-order valence-electron chi connectivity index (χ2n) is 4.94. The Bertz CT molecular complexity index is 370. The van der Waals surface area contributed by atoms with Gasteiger partial charge in [-0.3, -0.25) is 0 Å². The van der Waals surface area contributed by atoms with E-state index < -0.39 is 0 Å². The summed E-state index contributed by atoms with van der Waals surface area (Å²) in [7, 11) is 0. The van der Waals surface area contributed by atoms with Gasteiger partial charge in [0.15, 0.2) is 0 Å². The maximum absolute atomic E-state index is 8.63. The van der Waals surface area contributed by atoms with E-state index in [0.29, 0.717) is 12.6 Å². The van der Waals surface area contributed by atoms with Gasteiger partial charge in [0.1, 0.15) is 0 Å². The molecule has 1 saturated heterocycles. The molecule has 1 aromatic rings. The molecule has 1 unspecified atom stereocenters. The van der Waals surface area contributed by atoms with Gasteiger partial charge in [-0.2, -0.15) is 0 Å². The fourth-order valence-electron chi connectivity index (χ4n) is 2.54. The summed E-state index contributed by atoms with van der Waals surface area (Å²) in [5.74, 6) is 0. The maximum atomic E-state index is 8.63. The van der Waals surface area contributed by atoms with Gasteiger partial charge in [0.05, 0.1) is 0 Å². The number of aryl methyl sites for hydroxylation is 1. The van der Waals surface area contributed by atoms with E-state index in [0.717, 1.165) is 32.5 Å². The van der Waals surface area contributed by atoms with Crippen LogP contribution in [0.5, 0.6) is 0 Å². The van der Waals surface area contributed by atoms with Gasteiger partial charge >= 0.3 is 0 Å². The van der Waals surface area contributed by atoms with E-state index in [1.807, 2.05) is 0 Å². The third kappa shape index (κ3) is 3.45. The van der Waals surface area contributed by atoms with Crippen molar-refractivity contribution >= 4 is 5.69 Å². The number of hydrogen-bond donors (Lipinski definition) is 3. The average Bonchev–Trinajstić information content (AvgIpc) is 2.40. The zero-order chi connectivity index (χ0) is 12.8. The molecule has 4 heteroatoms. The lowest BCUT2D eigenvalue weighted by Crippen LogP contribution is -2.49. The zero-order valence-electron chi connectivity index (χ0n) is 11.0. The van der Waals surface area contributed by atoms with Crippen molar-refractivity contribution in [1.29, 1.82) is 0 Å². The highest BCUT2D eigenvalue weighted by molar-refractivity contribution is 5.54. The molecule has 0 spiro atoms. The number of rotatable bonds is 5. The van der Waals surface area contributed by atoms with Crippen molar-refractivity contribution in [3.63, 3.8) is 0 Å². The predicted molar refractivity (Wildman–Crippen MR) is 74.2 cm³/mol. The molecule has 1 atom stereocenters. The first-order valence-electron chi connectivity index (χ1n) is 6.74. The second kappa shape index (κ2) is 6.73. The van der Waals surface area contributed by atoms with E-state index in [4.69, 9.17) is 5.21 Å². The van der Waals surface area contributed by atoms with E-state index in [9.17, 15) is 0 Å². The predicted octanol–water partition coefficient (Wildman–Crippen LogP) is 1.40. The van der Waals surface area contributed by atoms with Crippen LogP contribution in [0.2, 0.25) is 0 Å². The molecule has 1 aliphatic rings. The molecule has 0 bridgehead atoms. The molecule has 0 radical (unpaired) electrons. The van der Waals surface area contributed by atoms with Crippen LogP contribution in [0.4, 0.5) is 5.69 Å². The summed E-state index contributed by atoms with van der Waals surface area (Å²) >= 11 is 0. The molecule has 1 aromatic carbocycles. The highest BCUT2D eigenvalue weighted by Gasteiger charge is 2.17. The van der Waals surface area contributed by atoms with Crippen LogP contribution < -0.4 is 15.7 Å². The third-order valence-electron chi connectivity index (χ3n) is 3.44. The molecule has 0 aliphatic carbocycles. The van der Waals surface area contributed by atoms with Crippen molar-refractivity contribution in [3.05, 3.63) is 29.8 Å². The molecule has 4 nitrogen and oxygen atoms in total. The lowest BCUT2D eigenvalue weighted by molar-refractivity contribution is 0.166. The summed E-state index contributed by atoms with van der Waals surface area (Å²) in [5, 5.41) is 12.1. The van der Waals surface area contributed by atoms with Crippen molar-refractivity contribution in [2.24, 2.45) is 0 Å². The highest BCUT2D eigenvalue weighted by atomic mass is 16.5. The molecule has 1 heterocycles. The Hall–Kier alpha value is -1.10. The Kier molecular flexibility index (Phi) is 4.99. The summed E-state index contributed by atoms with van der Waals surface area (Å²) in [6.45, 7) is 6.05. The van der Waals surface area contributed by atoms with Crippen molar-refractivity contribution in [1.82, 2.24) is 10.8 Å². The molecule has 0 amide bonds. The fraction of sp³-hybridized carbons (Fsp3) is 0.571. The lowest BCUT2D eigenvalue weighted by atomic mass is 10.1. The van der Waals surface area contributed by atoms with Gasteiger partial charge in [0.25, 0.3) is 0 Å². The summed E-state index contributed by atoms with van der Waals surface area (Å²) in [6, 6.07) is 9.15. The van der Waals surface area contributed by atoms with Gasteiger partial charge in [-0.05, 0) is 31.4 Å². The molecule has 1 aliphatic heterocycles. The number of hydroxylamine groups is 1. The van der Waals surface area contributed by atoms with Gasteiger partial charge in [0, 0.05) is 37.9 Å². The third-order valence-corrected chi connectivity index (χ3v) is 3.44. The second-order valence-corrected chi connectivity index (χ2v) is 4.94. The number of piperazine rings is 1. The number of nitrogens with one attached hydrogen (secondary N) is 2. The summed E-state index contributed by atoms with van der Waals surface area (Å²) in [6.07, 6.45) is 1.96. The molecular weight excluding hydrogens is 226 g/mol. The normalized spacial score (nSPS) is 20.1. The minimum atomic E-state index is 0.547. The van der Waals surface area contributed by atoms with E-state index in [2.05, 4.69) is 46.9 Å². The lowest BCUT2D eigenvalue weighted by Gasteiger charge is -2.35. The first-order valence-corrected chi connectivity index (χ1v) is 6.74. The van der Waals surface area contributed by atoms with Crippen molar-refractivity contribution in [2.75, 3.05) is 31.1 Å². The van der Waals surface area contributed by atoms with Gasteiger partial charge < -0.3 is 15.4 Å². The van der Waals surface area contributed by atoms with Gasteiger partial charge in [-0.15, -0.1) is 0 Å². The highest BCUT2D eigenvalue weighted by Crippen LogP contribution is 2.22. The molecule has 1 fully saturated rings. The Labute approximate surface area is 109 Å².